The predicted octanol–water partition coefficient (Wildman–Crippen LogP) is 11.6. The third-order valence-electron chi connectivity index (χ3n) is 7.83. The number of fused-ring (bicyclic) bond motifs is 6. The maximum Gasteiger partial charge on any atom is 0.0412 e. The summed E-state index contributed by atoms with van der Waals surface area (Å²) in [6, 6.07) is 41.4. The predicted molar refractivity (Wildman–Crippen MR) is 173 cm³/mol. The first-order valence-electron chi connectivity index (χ1n) is 13.1. The summed E-state index contributed by atoms with van der Waals surface area (Å²) in [7, 11) is 0. The van der Waals surface area contributed by atoms with Crippen molar-refractivity contribution < 1.29 is 0 Å². The second-order valence-corrected chi connectivity index (χ2v) is 10.4. The fraction of sp³-hybridized carbons (Fsp3) is 0. The smallest absolute Gasteiger partial charge is 0.0412 e. The Balaban J connectivity index is 1.60. The summed E-state index contributed by atoms with van der Waals surface area (Å²) in [5, 5.41) is 10.5. The molecule has 0 aromatic heterocycles. The van der Waals surface area contributed by atoms with E-state index >= 15 is 0 Å². The van der Waals surface area contributed by atoms with Crippen LogP contribution in [0.15, 0.2) is 128 Å². The second kappa shape index (κ2) is 9.27. The molecule has 0 amide bonds. The Morgan fingerprint density at radius 1 is 0.436 bits per heavy atom. The summed E-state index contributed by atoms with van der Waals surface area (Å²) >= 11 is 6.58. The van der Waals surface area contributed by atoms with Gasteiger partial charge in [0.05, 0.1) is 0 Å². The second-order valence-electron chi connectivity index (χ2n) is 9.99. The van der Waals surface area contributed by atoms with Crippen molar-refractivity contribution in [3.63, 3.8) is 0 Å². The van der Waals surface area contributed by atoms with E-state index < -0.39 is 0 Å². The normalized spacial score (nSPS) is 11.4. The first-order valence-corrected chi connectivity index (χ1v) is 13.5. The molecule has 0 nitrogen and oxygen atoms in total. The molecule has 0 spiro atoms. The van der Waals surface area contributed by atoms with Crippen LogP contribution in [0.3, 0.4) is 0 Å². The van der Waals surface area contributed by atoms with Gasteiger partial charge in [-0.3, -0.25) is 0 Å². The van der Waals surface area contributed by atoms with Crippen LogP contribution in [-0.2, 0) is 0 Å². The Hall–Kier alpha value is -4.65. The molecule has 0 N–H and O–H groups in total. The zero-order chi connectivity index (χ0) is 26.5. The van der Waals surface area contributed by atoms with Crippen molar-refractivity contribution in [2.24, 2.45) is 0 Å². The highest BCUT2D eigenvalue weighted by molar-refractivity contribution is 6.32. The molecule has 0 heterocycles. The number of rotatable bonds is 4. The van der Waals surface area contributed by atoms with E-state index in [-0.39, 0.29) is 0 Å². The fourth-order valence-electron chi connectivity index (χ4n) is 5.91. The topological polar surface area (TPSA) is 0 Å². The highest BCUT2D eigenvalue weighted by atomic mass is 35.5. The first kappa shape index (κ1) is 23.5. The third kappa shape index (κ3) is 3.84. The Morgan fingerprint density at radius 3 is 1.82 bits per heavy atom. The van der Waals surface area contributed by atoms with Crippen molar-refractivity contribution >= 4 is 66.8 Å². The minimum absolute atomic E-state index is 0.727. The molecule has 1 heteroatoms. The van der Waals surface area contributed by atoms with Gasteiger partial charge in [-0.25, -0.2) is 0 Å². The maximum absolute atomic E-state index is 6.58. The summed E-state index contributed by atoms with van der Waals surface area (Å²) in [4.78, 5) is 0. The molecule has 7 rings (SSSR count). The Bertz CT molecular complexity index is 2110. The molecular formula is C38H25Cl. The molecule has 0 saturated heterocycles. The summed E-state index contributed by atoms with van der Waals surface area (Å²) < 4.78 is 0. The van der Waals surface area contributed by atoms with Gasteiger partial charge in [-0.2, -0.15) is 0 Å². The van der Waals surface area contributed by atoms with Gasteiger partial charge in [-0.05, 0) is 113 Å². The van der Waals surface area contributed by atoms with Crippen LogP contribution in [0.4, 0.5) is 0 Å². The average molecular weight is 517 g/mol. The summed E-state index contributed by atoms with van der Waals surface area (Å²) in [5.74, 6) is 0. The van der Waals surface area contributed by atoms with Gasteiger partial charge in [-0.1, -0.05) is 116 Å². The molecule has 0 fully saturated rings. The molecule has 0 aliphatic rings. The van der Waals surface area contributed by atoms with Crippen molar-refractivity contribution in [2.75, 3.05) is 0 Å². The molecule has 0 saturated carbocycles. The van der Waals surface area contributed by atoms with Gasteiger partial charge >= 0.3 is 0 Å². The van der Waals surface area contributed by atoms with E-state index in [1.54, 1.807) is 0 Å². The largest absolute Gasteiger partial charge is 0.0984 e. The van der Waals surface area contributed by atoms with Crippen LogP contribution in [0, 0.1) is 0 Å². The molecule has 7 aromatic rings. The number of halogens is 1. The monoisotopic (exact) mass is 516 g/mol. The minimum atomic E-state index is 0.727. The van der Waals surface area contributed by atoms with Crippen LogP contribution < -0.4 is 0 Å². The molecule has 0 aliphatic carbocycles. The Morgan fingerprint density at radius 2 is 1.05 bits per heavy atom. The zero-order valence-electron chi connectivity index (χ0n) is 21.4. The lowest BCUT2D eigenvalue weighted by molar-refractivity contribution is 1.60. The number of benzene rings is 7. The van der Waals surface area contributed by atoms with Gasteiger partial charge in [0, 0.05) is 5.02 Å². The van der Waals surface area contributed by atoms with Gasteiger partial charge in [-0.15, -0.1) is 0 Å². The van der Waals surface area contributed by atoms with Gasteiger partial charge < -0.3 is 0 Å². The van der Waals surface area contributed by atoms with E-state index in [2.05, 4.69) is 122 Å². The van der Waals surface area contributed by atoms with Crippen molar-refractivity contribution in [2.45, 2.75) is 0 Å². The molecule has 184 valence electrons. The SMILES string of the molecule is C=Cc1ccc(-c2cc3c4ccccc4c(-c4ccc5ccccc5c4)cc3c3ccc(Cl)cc23)cc1C=C. The quantitative estimate of drug-likeness (QED) is 0.204. The van der Waals surface area contributed by atoms with Crippen LogP contribution >= 0.6 is 11.6 Å². The molecule has 7 aromatic carbocycles. The maximum atomic E-state index is 6.58. The van der Waals surface area contributed by atoms with Gasteiger partial charge in [0.1, 0.15) is 0 Å². The summed E-state index contributed by atoms with van der Waals surface area (Å²) in [5.41, 5.74) is 6.87. The van der Waals surface area contributed by atoms with Crippen molar-refractivity contribution in [3.8, 4) is 22.3 Å². The molecule has 0 aliphatic heterocycles. The zero-order valence-corrected chi connectivity index (χ0v) is 22.2. The van der Waals surface area contributed by atoms with E-state index in [1.165, 1.54) is 48.8 Å². The molecule has 0 bridgehead atoms. The fourth-order valence-corrected chi connectivity index (χ4v) is 6.08. The van der Waals surface area contributed by atoms with E-state index in [4.69, 9.17) is 11.6 Å². The molecule has 0 unspecified atom stereocenters. The van der Waals surface area contributed by atoms with Crippen LogP contribution in [0.5, 0.6) is 0 Å². The molecule has 0 atom stereocenters. The Kier molecular flexibility index (Phi) is 5.58. The lowest BCUT2D eigenvalue weighted by atomic mass is 9.87. The standard InChI is InChI=1S/C38H25Cl/c1-3-24-13-15-28(19-25(24)4-2)35-23-37-32-12-8-7-11-31(32)34(22-38(37)33-18-17-30(39)21-36(33)35)29-16-14-26-9-5-6-10-27(26)20-29/h3-23H,1-2H2. The Labute approximate surface area is 233 Å². The minimum Gasteiger partial charge on any atom is -0.0984 e. The van der Waals surface area contributed by atoms with Crippen molar-refractivity contribution in [1.29, 1.82) is 0 Å². The summed E-state index contributed by atoms with van der Waals surface area (Å²) in [6.07, 6.45) is 3.76. The molecular weight excluding hydrogens is 492 g/mol. The van der Waals surface area contributed by atoms with E-state index in [1.807, 2.05) is 18.2 Å². The van der Waals surface area contributed by atoms with Crippen LogP contribution in [0.2, 0.25) is 5.02 Å². The first-order chi connectivity index (χ1) is 19.1. The van der Waals surface area contributed by atoms with E-state index in [0.29, 0.717) is 0 Å². The van der Waals surface area contributed by atoms with Crippen LogP contribution in [-0.4, -0.2) is 0 Å². The van der Waals surface area contributed by atoms with Crippen LogP contribution in [0.1, 0.15) is 11.1 Å². The highest BCUT2D eigenvalue weighted by Crippen LogP contribution is 2.43. The van der Waals surface area contributed by atoms with Gasteiger partial charge in [0.25, 0.3) is 0 Å². The summed E-state index contributed by atoms with van der Waals surface area (Å²) in [6.45, 7) is 7.99. The van der Waals surface area contributed by atoms with Crippen molar-refractivity contribution in [1.82, 2.24) is 0 Å². The van der Waals surface area contributed by atoms with Gasteiger partial charge in [0.2, 0.25) is 0 Å². The molecule has 0 radical (unpaired) electrons. The van der Waals surface area contributed by atoms with Gasteiger partial charge in [0.15, 0.2) is 0 Å². The number of hydrogen-bond acceptors (Lipinski definition) is 0. The average Bonchev–Trinajstić information content (AvgIpc) is 2.99. The van der Waals surface area contributed by atoms with E-state index in [9.17, 15) is 0 Å². The lowest BCUT2D eigenvalue weighted by Crippen LogP contribution is -1.90. The highest BCUT2D eigenvalue weighted by Gasteiger charge is 2.15. The van der Waals surface area contributed by atoms with Crippen molar-refractivity contribution in [3.05, 3.63) is 145 Å². The molecule has 39 heavy (non-hydrogen) atoms. The van der Waals surface area contributed by atoms with E-state index in [0.717, 1.165) is 32.7 Å². The number of hydrogen-bond donors (Lipinski definition) is 0. The van der Waals surface area contributed by atoms with Crippen LogP contribution in [0.25, 0.3) is 77.5 Å². The lowest BCUT2D eigenvalue weighted by Gasteiger charge is -2.17. The third-order valence-corrected chi connectivity index (χ3v) is 8.07.